The van der Waals surface area contributed by atoms with Gasteiger partial charge in [-0.15, -0.1) is 0 Å². The third-order valence-electron chi connectivity index (χ3n) is 5.59. The summed E-state index contributed by atoms with van der Waals surface area (Å²) in [6.45, 7) is 9.75. The van der Waals surface area contributed by atoms with Crippen molar-refractivity contribution in [2.45, 2.75) is 78.2 Å². The quantitative estimate of drug-likeness (QED) is 0.699. The Labute approximate surface area is 114 Å². The van der Waals surface area contributed by atoms with E-state index < -0.39 is 0 Å². The summed E-state index contributed by atoms with van der Waals surface area (Å²) in [5.74, 6) is 3.18. The van der Waals surface area contributed by atoms with Crippen molar-refractivity contribution in [3.05, 3.63) is 0 Å². The molecule has 2 fully saturated rings. The van der Waals surface area contributed by atoms with E-state index in [4.69, 9.17) is 0 Å². The first-order valence-corrected chi connectivity index (χ1v) is 8.43. The molecule has 2 rings (SSSR count). The molecule has 1 heteroatoms. The number of hydrogen-bond acceptors (Lipinski definition) is 1. The Morgan fingerprint density at radius 3 is 1.83 bits per heavy atom. The molecule has 0 aromatic carbocycles. The fraction of sp³-hybridized carbons (Fsp3) is 1.00. The summed E-state index contributed by atoms with van der Waals surface area (Å²) in [6, 6.07) is 0.756. The Hall–Kier alpha value is -0.0400. The summed E-state index contributed by atoms with van der Waals surface area (Å²) in [5, 5.41) is 0. The molecule has 1 aliphatic heterocycles. The summed E-state index contributed by atoms with van der Waals surface area (Å²) < 4.78 is 0. The average molecular weight is 251 g/mol. The van der Waals surface area contributed by atoms with Crippen LogP contribution in [0.1, 0.15) is 72.1 Å². The predicted octanol–water partition coefficient (Wildman–Crippen LogP) is 4.71. The van der Waals surface area contributed by atoms with Crippen molar-refractivity contribution in [2.24, 2.45) is 17.8 Å². The molecule has 18 heavy (non-hydrogen) atoms. The van der Waals surface area contributed by atoms with Crippen molar-refractivity contribution in [3.63, 3.8) is 0 Å². The van der Waals surface area contributed by atoms with E-state index in [9.17, 15) is 0 Å². The highest BCUT2D eigenvalue weighted by Crippen LogP contribution is 2.36. The van der Waals surface area contributed by atoms with E-state index in [1.165, 1.54) is 58.0 Å². The Morgan fingerprint density at radius 1 is 0.833 bits per heavy atom. The van der Waals surface area contributed by atoms with Gasteiger partial charge >= 0.3 is 0 Å². The molecule has 2 aliphatic rings. The maximum Gasteiger partial charge on any atom is 0.00385 e. The molecular weight excluding hydrogens is 218 g/mol. The number of rotatable bonds is 4. The van der Waals surface area contributed by atoms with E-state index in [0.717, 1.165) is 23.8 Å². The molecule has 0 spiro atoms. The SMILES string of the molecule is CCC1CCC(CC2CCN(C(C)C)CC2)CC1. The molecule has 0 N–H and O–H groups in total. The van der Waals surface area contributed by atoms with Gasteiger partial charge in [0.15, 0.2) is 0 Å². The van der Waals surface area contributed by atoms with E-state index in [2.05, 4.69) is 25.7 Å². The van der Waals surface area contributed by atoms with Crippen LogP contribution in [0.25, 0.3) is 0 Å². The van der Waals surface area contributed by atoms with Crippen LogP contribution in [-0.4, -0.2) is 24.0 Å². The first-order chi connectivity index (χ1) is 8.69. The molecule has 0 bridgehead atoms. The molecule has 0 aromatic rings. The van der Waals surface area contributed by atoms with Crippen LogP contribution in [-0.2, 0) is 0 Å². The second-order valence-corrected chi connectivity index (χ2v) is 7.10. The van der Waals surface area contributed by atoms with Crippen LogP contribution in [0.4, 0.5) is 0 Å². The zero-order valence-electron chi connectivity index (χ0n) is 12.8. The molecule has 0 aromatic heterocycles. The molecule has 1 nitrogen and oxygen atoms in total. The standard InChI is InChI=1S/C17H33N/c1-4-15-5-7-16(8-6-15)13-17-9-11-18(12-10-17)14(2)3/h14-17H,4-13H2,1-3H3. The van der Waals surface area contributed by atoms with Gasteiger partial charge in [0.2, 0.25) is 0 Å². The van der Waals surface area contributed by atoms with E-state index in [0.29, 0.717) is 0 Å². The van der Waals surface area contributed by atoms with Crippen molar-refractivity contribution in [3.8, 4) is 0 Å². The van der Waals surface area contributed by atoms with E-state index >= 15 is 0 Å². The number of hydrogen-bond donors (Lipinski definition) is 0. The fourth-order valence-electron chi connectivity index (χ4n) is 4.05. The average Bonchev–Trinajstić information content (AvgIpc) is 2.40. The summed E-state index contributed by atoms with van der Waals surface area (Å²) in [7, 11) is 0. The normalized spacial score (nSPS) is 32.0. The van der Waals surface area contributed by atoms with Gasteiger partial charge in [0.25, 0.3) is 0 Å². The highest BCUT2D eigenvalue weighted by molar-refractivity contribution is 4.79. The summed E-state index contributed by atoms with van der Waals surface area (Å²) in [4.78, 5) is 2.66. The van der Waals surface area contributed by atoms with Gasteiger partial charge in [-0.3, -0.25) is 0 Å². The molecule has 0 amide bonds. The van der Waals surface area contributed by atoms with Crippen LogP contribution in [0.15, 0.2) is 0 Å². The Bertz CT molecular complexity index is 220. The lowest BCUT2D eigenvalue weighted by Crippen LogP contribution is -2.38. The summed E-state index contributed by atoms with van der Waals surface area (Å²) in [5.41, 5.74) is 0. The molecular formula is C17H33N. The van der Waals surface area contributed by atoms with Crippen LogP contribution in [0, 0.1) is 17.8 Å². The monoisotopic (exact) mass is 251 g/mol. The Balaban J connectivity index is 1.66. The lowest BCUT2D eigenvalue weighted by molar-refractivity contribution is 0.127. The largest absolute Gasteiger partial charge is 0.301 e. The highest BCUT2D eigenvalue weighted by Gasteiger charge is 2.26. The van der Waals surface area contributed by atoms with Gasteiger partial charge in [-0.05, 0) is 64.0 Å². The lowest BCUT2D eigenvalue weighted by Gasteiger charge is -2.37. The van der Waals surface area contributed by atoms with Crippen molar-refractivity contribution in [2.75, 3.05) is 13.1 Å². The maximum atomic E-state index is 2.66. The van der Waals surface area contributed by atoms with Gasteiger partial charge in [-0.1, -0.05) is 39.0 Å². The molecule has 1 aliphatic carbocycles. The van der Waals surface area contributed by atoms with Gasteiger partial charge in [-0.25, -0.2) is 0 Å². The minimum absolute atomic E-state index is 0.756. The van der Waals surface area contributed by atoms with Crippen molar-refractivity contribution < 1.29 is 0 Å². The smallest absolute Gasteiger partial charge is 0.00385 e. The van der Waals surface area contributed by atoms with Gasteiger partial charge in [0, 0.05) is 6.04 Å². The van der Waals surface area contributed by atoms with Crippen LogP contribution in [0.2, 0.25) is 0 Å². The third-order valence-corrected chi connectivity index (χ3v) is 5.59. The van der Waals surface area contributed by atoms with Crippen LogP contribution < -0.4 is 0 Å². The predicted molar refractivity (Wildman–Crippen MR) is 79.8 cm³/mol. The summed E-state index contributed by atoms with van der Waals surface area (Å²) >= 11 is 0. The zero-order chi connectivity index (χ0) is 13.0. The van der Waals surface area contributed by atoms with Gasteiger partial charge in [0.05, 0.1) is 0 Å². The van der Waals surface area contributed by atoms with E-state index in [-0.39, 0.29) is 0 Å². The molecule has 106 valence electrons. The molecule has 1 saturated carbocycles. The van der Waals surface area contributed by atoms with Crippen molar-refractivity contribution in [1.29, 1.82) is 0 Å². The minimum atomic E-state index is 0.756. The minimum Gasteiger partial charge on any atom is -0.301 e. The molecule has 1 heterocycles. The van der Waals surface area contributed by atoms with Crippen LogP contribution >= 0.6 is 0 Å². The number of nitrogens with zero attached hydrogens (tertiary/aromatic N) is 1. The van der Waals surface area contributed by atoms with Crippen LogP contribution in [0.3, 0.4) is 0 Å². The van der Waals surface area contributed by atoms with E-state index in [1.54, 1.807) is 6.42 Å². The van der Waals surface area contributed by atoms with E-state index in [1.807, 2.05) is 0 Å². The van der Waals surface area contributed by atoms with Crippen LogP contribution in [0.5, 0.6) is 0 Å². The van der Waals surface area contributed by atoms with Crippen molar-refractivity contribution >= 4 is 0 Å². The number of piperidine rings is 1. The second kappa shape index (κ2) is 6.93. The Kier molecular flexibility index (Phi) is 5.54. The van der Waals surface area contributed by atoms with Gasteiger partial charge < -0.3 is 4.90 Å². The first-order valence-electron chi connectivity index (χ1n) is 8.43. The number of likely N-dealkylation sites (tertiary alicyclic amines) is 1. The molecule has 1 saturated heterocycles. The fourth-order valence-corrected chi connectivity index (χ4v) is 4.05. The Morgan fingerprint density at radius 2 is 1.33 bits per heavy atom. The zero-order valence-corrected chi connectivity index (χ0v) is 12.8. The van der Waals surface area contributed by atoms with Crippen molar-refractivity contribution in [1.82, 2.24) is 4.90 Å². The maximum absolute atomic E-state index is 2.66. The topological polar surface area (TPSA) is 3.24 Å². The van der Waals surface area contributed by atoms with Gasteiger partial charge in [-0.2, -0.15) is 0 Å². The summed E-state index contributed by atoms with van der Waals surface area (Å²) in [6.07, 6.45) is 12.0. The second-order valence-electron chi connectivity index (χ2n) is 7.10. The lowest BCUT2D eigenvalue weighted by atomic mass is 9.75. The molecule has 0 unspecified atom stereocenters. The highest BCUT2D eigenvalue weighted by atomic mass is 15.1. The molecule has 0 radical (unpaired) electrons. The molecule has 0 atom stereocenters. The first kappa shape index (κ1) is 14.4. The third kappa shape index (κ3) is 3.98. The van der Waals surface area contributed by atoms with Gasteiger partial charge in [0.1, 0.15) is 0 Å².